The summed E-state index contributed by atoms with van der Waals surface area (Å²) in [6.07, 6.45) is 4.15. The third-order valence-corrected chi connectivity index (χ3v) is 9.17. The molecule has 2 heterocycles. The number of carbonyl (C=O) groups is 1. The van der Waals surface area contributed by atoms with Crippen molar-refractivity contribution in [1.82, 2.24) is 4.90 Å². The standard InChI is InChI=1S/C34H41NO2S/c1-23(2)31-8-6-7-9-32(31)37-29-20-27-16-17-28(21-29)35(27)33(36)25-12-10-24(11-13-25)22-38-30-18-14-26(15-19-30)34(3,4)5/h6-15,18-19,23,27-29H,16-17,20-22H2,1-5H3/t27-,28+,29?. The SMILES string of the molecule is CC(C)c1ccccc1OC1C[C@H]2CC[C@@H](C1)N2C(=O)c1ccc(CSc2ccc(C(C)(C)C)cc2)cc1. The number of rotatable bonds is 7. The number of nitrogens with zero attached hydrogens (tertiary/aromatic N) is 1. The summed E-state index contributed by atoms with van der Waals surface area (Å²) in [6, 6.07) is 26.1. The second-order valence-electron chi connectivity index (χ2n) is 12.3. The van der Waals surface area contributed by atoms with Crippen LogP contribution in [-0.2, 0) is 11.2 Å². The predicted molar refractivity (Wildman–Crippen MR) is 158 cm³/mol. The molecule has 0 saturated carbocycles. The predicted octanol–water partition coefficient (Wildman–Crippen LogP) is 8.61. The fraction of sp³-hybridized carbons (Fsp3) is 0.441. The molecule has 3 aromatic carbocycles. The quantitative estimate of drug-likeness (QED) is 0.288. The Balaban J connectivity index is 1.18. The summed E-state index contributed by atoms with van der Waals surface area (Å²) in [7, 11) is 0. The van der Waals surface area contributed by atoms with E-state index in [1.54, 1.807) is 0 Å². The number of thioether (sulfide) groups is 1. The van der Waals surface area contributed by atoms with Crippen LogP contribution in [0.3, 0.4) is 0 Å². The molecule has 0 radical (unpaired) electrons. The second-order valence-corrected chi connectivity index (χ2v) is 13.3. The minimum atomic E-state index is 0.173. The molecule has 2 bridgehead atoms. The first-order chi connectivity index (χ1) is 18.2. The normalized spacial score (nSPS) is 21.1. The maximum absolute atomic E-state index is 13.6. The van der Waals surface area contributed by atoms with E-state index in [0.29, 0.717) is 5.92 Å². The molecular formula is C34H41NO2S. The summed E-state index contributed by atoms with van der Waals surface area (Å²) in [5, 5.41) is 0. The summed E-state index contributed by atoms with van der Waals surface area (Å²) in [5.41, 5.74) is 4.83. The Morgan fingerprint density at radius 3 is 2.16 bits per heavy atom. The van der Waals surface area contributed by atoms with Crippen molar-refractivity contribution in [1.29, 1.82) is 0 Å². The number of ether oxygens (including phenoxy) is 1. The van der Waals surface area contributed by atoms with E-state index in [1.807, 2.05) is 23.9 Å². The van der Waals surface area contributed by atoms with Crippen molar-refractivity contribution in [2.75, 3.05) is 0 Å². The van der Waals surface area contributed by atoms with Crippen LogP contribution in [0, 0.1) is 0 Å². The largest absolute Gasteiger partial charge is 0.490 e. The van der Waals surface area contributed by atoms with Crippen LogP contribution in [0.15, 0.2) is 77.7 Å². The van der Waals surface area contributed by atoms with E-state index in [2.05, 4.69) is 100 Å². The fourth-order valence-electron chi connectivity index (χ4n) is 5.91. The smallest absolute Gasteiger partial charge is 0.254 e. The molecule has 2 fully saturated rings. The average Bonchev–Trinajstić information content (AvgIpc) is 3.17. The van der Waals surface area contributed by atoms with E-state index in [1.165, 1.54) is 21.6 Å². The van der Waals surface area contributed by atoms with E-state index < -0.39 is 0 Å². The highest BCUT2D eigenvalue weighted by molar-refractivity contribution is 7.98. The van der Waals surface area contributed by atoms with Crippen LogP contribution in [0.5, 0.6) is 5.75 Å². The molecule has 5 rings (SSSR count). The fourth-order valence-corrected chi connectivity index (χ4v) is 6.76. The Kier molecular flexibility index (Phi) is 7.90. The van der Waals surface area contributed by atoms with Crippen molar-refractivity contribution in [3.05, 3.63) is 95.1 Å². The summed E-state index contributed by atoms with van der Waals surface area (Å²) >= 11 is 1.84. The number of amides is 1. The van der Waals surface area contributed by atoms with Gasteiger partial charge in [0, 0.05) is 41.1 Å². The summed E-state index contributed by atoms with van der Waals surface area (Å²) in [5.74, 6) is 2.51. The number of benzene rings is 3. The van der Waals surface area contributed by atoms with Crippen LogP contribution in [-0.4, -0.2) is 29.0 Å². The number of fused-ring (bicyclic) bond motifs is 2. The van der Waals surface area contributed by atoms with Gasteiger partial charge in [0.25, 0.3) is 5.91 Å². The van der Waals surface area contributed by atoms with Crippen LogP contribution in [0.2, 0.25) is 0 Å². The molecule has 1 amide bonds. The van der Waals surface area contributed by atoms with E-state index in [-0.39, 0.29) is 29.5 Å². The number of piperidine rings is 1. The molecule has 3 nitrogen and oxygen atoms in total. The number of para-hydroxylation sites is 1. The van der Waals surface area contributed by atoms with Gasteiger partial charge in [0.2, 0.25) is 0 Å². The maximum atomic E-state index is 13.6. The molecular weight excluding hydrogens is 486 g/mol. The van der Waals surface area contributed by atoms with E-state index >= 15 is 0 Å². The molecule has 38 heavy (non-hydrogen) atoms. The zero-order chi connectivity index (χ0) is 26.9. The molecule has 0 spiro atoms. The van der Waals surface area contributed by atoms with Crippen LogP contribution < -0.4 is 4.74 Å². The third kappa shape index (κ3) is 5.96. The molecule has 2 aliphatic rings. The molecule has 4 heteroatoms. The molecule has 0 aliphatic carbocycles. The van der Waals surface area contributed by atoms with Gasteiger partial charge in [-0.2, -0.15) is 0 Å². The van der Waals surface area contributed by atoms with Crippen LogP contribution in [0.4, 0.5) is 0 Å². The van der Waals surface area contributed by atoms with Crippen molar-refractivity contribution in [2.45, 2.75) is 100 Å². The lowest BCUT2D eigenvalue weighted by Crippen LogP contribution is -2.49. The Labute approximate surface area is 233 Å². The molecule has 0 N–H and O–H groups in total. The summed E-state index contributed by atoms with van der Waals surface area (Å²) in [4.78, 5) is 17.0. The monoisotopic (exact) mass is 527 g/mol. The van der Waals surface area contributed by atoms with Gasteiger partial charge in [-0.1, -0.05) is 77.1 Å². The molecule has 2 saturated heterocycles. The van der Waals surface area contributed by atoms with Crippen LogP contribution in [0.25, 0.3) is 0 Å². The van der Waals surface area contributed by atoms with Gasteiger partial charge < -0.3 is 9.64 Å². The molecule has 3 aromatic rings. The summed E-state index contributed by atoms with van der Waals surface area (Å²) in [6.45, 7) is 11.1. The van der Waals surface area contributed by atoms with E-state index in [0.717, 1.165) is 42.7 Å². The topological polar surface area (TPSA) is 29.5 Å². The van der Waals surface area contributed by atoms with Gasteiger partial charge in [-0.25, -0.2) is 0 Å². The highest BCUT2D eigenvalue weighted by atomic mass is 32.2. The Morgan fingerprint density at radius 1 is 0.921 bits per heavy atom. The average molecular weight is 528 g/mol. The van der Waals surface area contributed by atoms with Crippen LogP contribution in [0.1, 0.15) is 93.3 Å². The number of hydrogen-bond acceptors (Lipinski definition) is 3. The first kappa shape index (κ1) is 26.9. The summed E-state index contributed by atoms with van der Waals surface area (Å²) < 4.78 is 6.52. The van der Waals surface area contributed by atoms with Gasteiger partial charge in [-0.15, -0.1) is 11.8 Å². The van der Waals surface area contributed by atoms with E-state index in [4.69, 9.17) is 4.74 Å². The highest BCUT2D eigenvalue weighted by Crippen LogP contribution is 2.39. The maximum Gasteiger partial charge on any atom is 0.254 e. The first-order valence-corrected chi connectivity index (χ1v) is 15.1. The molecule has 2 aliphatic heterocycles. The molecule has 0 aromatic heterocycles. The van der Waals surface area contributed by atoms with Crippen molar-refractivity contribution in [2.24, 2.45) is 0 Å². The third-order valence-electron chi connectivity index (χ3n) is 8.09. The van der Waals surface area contributed by atoms with Crippen molar-refractivity contribution in [3.8, 4) is 5.75 Å². The lowest BCUT2D eigenvalue weighted by molar-refractivity contribution is 0.0356. The zero-order valence-corrected chi connectivity index (χ0v) is 24.3. The van der Waals surface area contributed by atoms with Gasteiger partial charge in [0.05, 0.1) is 0 Å². The second kappa shape index (κ2) is 11.2. The zero-order valence-electron chi connectivity index (χ0n) is 23.4. The molecule has 3 atom stereocenters. The van der Waals surface area contributed by atoms with E-state index in [9.17, 15) is 4.79 Å². The van der Waals surface area contributed by atoms with Crippen molar-refractivity contribution in [3.63, 3.8) is 0 Å². The number of hydrogen-bond donors (Lipinski definition) is 0. The van der Waals surface area contributed by atoms with Gasteiger partial charge in [-0.05, 0) is 71.2 Å². The van der Waals surface area contributed by atoms with Gasteiger partial charge in [-0.3, -0.25) is 4.79 Å². The number of carbonyl (C=O) groups excluding carboxylic acids is 1. The highest BCUT2D eigenvalue weighted by Gasteiger charge is 2.44. The van der Waals surface area contributed by atoms with Gasteiger partial charge in [0.1, 0.15) is 11.9 Å². The van der Waals surface area contributed by atoms with Crippen LogP contribution >= 0.6 is 11.8 Å². The minimum absolute atomic E-state index is 0.173. The lowest BCUT2D eigenvalue weighted by atomic mass is 9.87. The molecule has 1 unspecified atom stereocenters. The Morgan fingerprint density at radius 2 is 1.55 bits per heavy atom. The Hall–Kier alpha value is -2.72. The Bertz CT molecular complexity index is 1230. The van der Waals surface area contributed by atoms with Crippen molar-refractivity contribution < 1.29 is 9.53 Å². The lowest BCUT2D eigenvalue weighted by Gasteiger charge is -2.39. The first-order valence-electron chi connectivity index (χ1n) is 14.1. The van der Waals surface area contributed by atoms with Gasteiger partial charge in [0.15, 0.2) is 0 Å². The molecule has 200 valence electrons. The van der Waals surface area contributed by atoms with Crippen molar-refractivity contribution >= 4 is 17.7 Å². The minimum Gasteiger partial charge on any atom is -0.490 e. The van der Waals surface area contributed by atoms with Gasteiger partial charge >= 0.3 is 0 Å².